The average molecular weight is 173 g/mol. The summed E-state index contributed by atoms with van der Waals surface area (Å²) in [6.07, 6.45) is 0.558. The van der Waals surface area contributed by atoms with Gasteiger partial charge in [-0.05, 0) is 6.54 Å². The maximum absolute atomic E-state index is 11.3. The fraction of sp³-hybridized carbons (Fsp3) is 0.875. The van der Waals surface area contributed by atoms with Crippen molar-refractivity contribution < 1.29 is 4.79 Å². The van der Waals surface area contributed by atoms with E-state index in [4.69, 9.17) is 0 Å². The molecule has 0 fully saturated rings. The van der Waals surface area contributed by atoms with Crippen LogP contribution in [0.25, 0.3) is 0 Å². The molecule has 0 aliphatic carbocycles. The van der Waals surface area contributed by atoms with E-state index in [-0.39, 0.29) is 5.91 Å². The topological polar surface area (TPSA) is 35.6 Å². The summed E-state index contributed by atoms with van der Waals surface area (Å²) in [6, 6.07) is 0. The maximum Gasteiger partial charge on any atom is 0.237 e. The zero-order chi connectivity index (χ0) is 9.56. The second kappa shape index (κ2) is 5.97. The molecule has 0 heterocycles. The van der Waals surface area contributed by atoms with Gasteiger partial charge in [-0.25, -0.2) is 5.01 Å². The Balaban J connectivity index is 3.57. The van der Waals surface area contributed by atoms with Crippen LogP contribution in [0.2, 0.25) is 0 Å². The summed E-state index contributed by atoms with van der Waals surface area (Å²) in [5.74, 6) is 0.140. The largest absolute Gasteiger partial charge is 0.316 e. The van der Waals surface area contributed by atoms with Crippen molar-refractivity contribution >= 4 is 5.91 Å². The minimum Gasteiger partial charge on any atom is -0.316 e. The van der Waals surface area contributed by atoms with Crippen molar-refractivity contribution in [1.82, 2.24) is 15.3 Å². The molecule has 0 saturated heterocycles. The van der Waals surface area contributed by atoms with Crippen LogP contribution in [0, 0.1) is 0 Å². The van der Waals surface area contributed by atoms with Gasteiger partial charge in [0.2, 0.25) is 5.91 Å². The first-order valence-corrected chi connectivity index (χ1v) is 4.24. The lowest BCUT2D eigenvalue weighted by atomic mass is 10.4. The van der Waals surface area contributed by atoms with Gasteiger partial charge in [0.15, 0.2) is 0 Å². The van der Waals surface area contributed by atoms with Crippen molar-refractivity contribution in [2.45, 2.75) is 13.3 Å². The molecule has 1 N–H and O–H groups in total. The van der Waals surface area contributed by atoms with Gasteiger partial charge in [-0.15, -0.1) is 0 Å². The zero-order valence-corrected chi connectivity index (χ0v) is 8.42. The van der Waals surface area contributed by atoms with Crippen molar-refractivity contribution in [1.29, 1.82) is 0 Å². The minimum absolute atomic E-state index is 0.140. The van der Waals surface area contributed by atoms with Crippen molar-refractivity contribution in [2.75, 3.05) is 34.2 Å². The standard InChI is InChI=1S/C8H19N3O/c1-5-9-7-6-8(12)11(4)10(2)3/h9H,5-7H2,1-4H3. The molecule has 0 aromatic carbocycles. The molecule has 0 aliphatic rings. The number of amides is 1. The molecule has 0 rings (SSSR count). The van der Waals surface area contributed by atoms with Crippen molar-refractivity contribution in [2.24, 2.45) is 0 Å². The van der Waals surface area contributed by atoms with Gasteiger partial charge in [0.1, 0.15) is 0 Å². The molecular weight excluding hydrogens is 154 g/mol. The van der Waals surface area contributed by atoms with Crippen LogP contribution in [0.15, 0.2) is 0 Å². The van der Waals surface area contributed by atoms with E-state index in [1.54, 1.807) is 17.1 Å². The normalized spacial score (nSPS) is 10.4. The van der Waals surface area contributed by atoms with E-state index in [0.29, 0.717) is 6.42 Å². The molecule has 0 atom stereocenters. The van der Waals surface area contributed by atoms with Crippen LogP contribution in [-0.2, 0) is 4.79 Å². The molecule has 0 saturated carbocycles. The van der Waals surface area contributed by atoms with E-state index < -0.39 is 0 Å². The summed E-state index contributed by atoms with van der Waals surface area (Å²) < 4.78 is 0. The summed E-state index contributed by atoms with van der Waals surface area (Å²) in [6.45, 7) is 3.70. The number of rotatable bonds is 5. The van der Waals surface area contributed by atoms with Gasteiger partial charge in [-0.3, -0.25) is 9.80 Å². The fourth-order valence-corrected chi connectivity index (χ4v) is 0.757. The Morgan fingerprint density at radius 3 is 2.33 bits per heavy atom. The number of carbonyl (C=O) groups excluding carboxylic acids is 1. The van der Waals surface area contributed by atoms with Gasteiger partial charge in [0.05, 0.1) is 0 Å². The van der Waals surface area contributed by atoms with Gasteiger partial charge >= 0.3 is 0 Å². The fourth-order valence-electron chi connectivity index (χ4n) is 0.757. The van der Waals surface area contributed by atoms with Gasteiger partial charge in [-0.2, -0.15) is 0 Å². The summed E-state index contributed by atoms with van der Waals surface area (Å²) in [4.78, 5) is 11.3. The quantitative estimate of drug-likeness (QED) is 0.466. The molecule has 4 nitrogen and oxygen atoms in total. The molecule has 0 unspecified atom stereocenters. The Hall–Kier alpha value is -0.610. The molecule has 0 aliphatic heterocycles. The number of hydrazine groups is 1. The number of hydrogen-bond acceptors (Lipinski definition) is 3. The van der Waals surface area contributed by atoms with Crippen molar-refractivity contribution in [3.05, 3.63) is 0 Å². The molecule has 0 radical (unpaired) electrons. The molecule has 0 bridgehead atoms. The summed E-state index contributed by atoms with van der Waals surface area (Å²) in [5.41, 5.74) is 0. The highest BCUT2D eigenvalue weighted by molar-refractivity contribution is 5.75. The van der Waals surface area contributed by atoms with Crippen LogP contribution in [0.3, 0.4) is 0 Å². The second-order valence-electron chi connectivity index (χ2n) is 2.87. The predicted molar refractivity (Wildman–Crippen MR) is 49.6 cm³/mol. The predicted octanol–water partition coefficient (Wildman–Crippen LogP) is -0.0790. The summed E-state index contributed by atoms with van der Waals surface area (Å²) >= 11 is 0. The number of nitrogens with zero attached hydrogens (tertiary/aromatic N) is 2. The first kappa shape index (κ1) is 11.4. The van der Waals surface area contributed by atoms with Crippen molar-refractivity contribution in [3.63, 3.8) is 0 Å². The van der Waals surface area contributed by atoms with Crippen LogP contribution in [0.5, 0.6) is 0 Å². The number of nitrogens with one attached hydrogen (secondary N) is 1. The van der Waals surface area contributed by atoms with E-state index in [2.05, 4.69) is 5.32 Å². The minimum atomic E-state index is 0.140. The average Bonchev–Trinajstić information content (AvgIpc) is 2.03. The number of carbonyl (C=O) groups is 1. The van der Waals surface area contributed by atoms with Crippen LogP contribution in [0.1, 0.15) is 13.3 Å². The van der Waals surface area contributed by atoms with Gasteiger partial charge in [0.25, 0.3) is 0 Å². The van der Waals surface area contributed by atoms with Crippen LogP contribution >= 0.6 is 0 Å². The Bertz CT molecular complexity index is 136. The highest BCUT2D eigenvalue weighted by Gasteiger charge is 2.08. The molecular formula is C8H19N3O. The van der Waals surface area contributed by atoms with Crippen LogP contribution in [-0.4, -0.2) is 50.2 Å². The van der Waals surface area contributed by atoms with Gasteiger partial charge < -0.3 is 5.32 Å². The highest BCUT2D eigenvalue weighted by Crippen LogP contribution is 1.91. The lowest BCUT2D eigenvalue weighted by Crippen LogP contribution is -2.39. The zero-order valence-electron chi connectivity index (χ0n) is 8.42. The molecule has 1 amide bonds. The van der Waals surface area contributed by atoms with E-state index in [9.17, 15) is 4.79 Å². The molecule has 0 aromatic rings. The summed E-state index contributed by atoms with van der Waals surface area (Å²) in [7, 11) is 5.48. The lowest BCUT2D eigenvalue weighted by molar-refractivity contribution is -0.141. The van der Waals surface area contributed by atoms with E-state index in [1.165, 1.54) is 0 Å². The van der Waals surface area contributed by atoms with E-state index >= 15 is 0 Å². The van der Waals surface area contributed by atoms with E-state index in [0.717, 1.165) is 13.1 Å². The Labute approximate surface area is 74.5 Å². The molecule has 0 aromatic heterocycles. The van der Waals surface area contributed by atoms with Crippen LogP contribution < -0.4 is 5.32 Å². The van der Waals surface area contributed by atoms with Crippen molar-refractivity contribution in [3.8, 4) is 0 Å². The monoisotopic (exact) mass is 173 g/mol. The molecule has 0 spiro atoms. The first-order valence-electron chi connectivity index (χ1n) is 4.24. The maximum atomic E-state index is 11.3. The molecule has 12 heavy (non-hydrogen) atoms. The smallest absolute Gasteiger partial charge is 0.237 e. The SMILES string of the molecule is CCNCCC(=O)N(C)N(C)C. The number of hydrogen-bond donors (Lipinski definition) is 1. The van der Waals surface area contributed by atoms with Crippen LogP contribution in [0.4, 0.5) is 0 Å². The van der Waals surface area contributed by atoms with Gasteiger partial charge in [0, 0.05) is 34.1 Å². The Kier molecular flexibility index (Phi) is 5.66. The Morgan fingerprint density at radius 2 is 1.92 bits per heavy atom. The third kappa shape index (κ3) is 4.31. The highest BCUT2D eigenvalue weighted by atomic mass is 16.2. The first-order chi connectivity index (χ1) is 5.59. The Morgan fingerprint density at radius 1 is 1.33 bits per heavy atom. The second-order valence-corrected chi connectivity index (χ2v) is 2.87. The molecule has 72 valence electrons. The third-order valence-corrected chi connectivity index (χ3v) is 1.73. The third-order valence-electron chi connectivity index (χ3n) is 1.73. The van der Waals surface area contributed by atoms with Gasteiger partial charge in [-0.1, -0.05) is 6.92 Å². The summed E-state index contributed by atoms with van der Waals surface area (Å²) in [5, 5.41) is 6.49. The lowest BCUT2D eigenvalue weighted by Gasteiger charge is -2.24. The molecule has 4 heteroatoms. The van der Waals surface area contributed by atoms with E-state index in [1.807, 2.05) is 21.0 Å².